The second-order valence-corrected chi connectivity index (χ2v) is 5.82. The SMILES string of the molecule is CC(=O)O.Cn1nc2c(c1-c1ccccc1)CCN(C(=O)CO)CC2. The lowest BCUT2D eigenvalue weighted by molar-refractivity contribution is -0.135. The fourth-order valence-corrected chi connectivity index (χ4v) is 2.99. The molecule has 1 aliphatic rings. The molecule has 2 heterocycles. The Kier molecular flexibility index (Phi) is 6.30. The molecule has 0 saturated carbocycles. The zero-order chi connectivity index (χ0) is 18.4. The quantitative estimate of drug-likeness (QED) is 0.850. The van der Waals surface area contributed by atoms with Crippen LogP contribution < -0.4 is 0 Å². The van der Waals surface area contributed by atoms with Gasteiger partial charge in [-0.15, -0.1) is 0 Å². The molecule has 0 atom stereocenters. The molecule has 0 radical (unpaired) electrons. The van der Waals surface area contributed by atoms with Gasteiger partial charge in [0.05, 0.1) is 11.4 Å². The maximum Gasteiger partial charge on any atom is 0.300 e. The highest BCUT2D eigenvalue weighted by Gasteiger charge is 2.23. The average Bonchev–Trinajstić information content (AvgIpc) is 2.76. The molecule has 1 aliphatic heterocycles. The van der Waals surface area contributed by atoms with Gasteiger partial charge in [0, 0.05) is 44.6 Å². The summed E-state index contributed by atoms with van der Waals surface area (Å²) in [7, 11) is 1.97. The summed E-state index contributed by atoms with van der Waals surface area (Å²) in [5.41, 5.74) is 4.56. The summed E-state index contributed by atoms with van der Waals surface area (Å²) in [6, 6.07) is 10.2. The summed E-state index contributed by atoms with van der Waals surface area (Å²) in [6.07, 6.45) is 1.51. The largest absolute Gasteiger partial charge is 0.481 e. The number of carbonyl (C=O) groups excluding carboxylic acids is 1. The summed E-state index contributed by atoms with van der Waals surface area (Å²) >= 11 is 0. The van der Waals surface area contributed by atoms with Gasteiger partial charge in [-0.25, -0.2) is 0 Å². The van der Waals surface area contributed by atoms with E-state index in [0.29, 0.717) is 13.1 Å². The van der Waals surface area contributed by atoms with Crippen LogP contribution in [0, 0.1) is 0 Å². The van der Waals surface area contributed by atoms with Crippen molar-refractivity contribution in [2.45, 2.75) is 19.8 Å². The first-order chi connectivity index (χ1) is 11.9. The number of carboxylic acids is 1. The summed E-state index contributed by atoms with van der Waals surface area (Å²) in [5, 5.41) is 21.1. The van der Waals surface area contributed by atoms with Crippen molar-refractivity contribution in [3.05, 3.63) is 41.6 Å². The minimum Gasteiger partial charge on any atom is -0.481 e. The van der Waals surface area contributed by atoms with Crippen LogP contribution in [-0.2, 0) is 29.5 Å². The van der Waals surface area contributed by atoms with E-state index in [-0.39, 0.29) is 5.91 Å². The van der Waals surface area contributed by atoms with Crippen molar-refractivity contribution in [1.82, 2.24) is 14.7 Å². The van der Waals surface area contributed by atoms with Gasteiger partial charge in [0.25, 0.3) is 5.97 Å². The lowest BCUT2D eigenvalue weighted by atomic mass is 10.0. The Balaban J connectivity index is 0.000000511. The number of aliphatic hydroxyl groups excluding tert-OH is 1. The zero-order valence-electron chi connectivity index (χ0n) is 14.5. The molecular weight excluding hydrogens is 322 g/mol. The van der Waals surface area contributed by atoms with E-state index in [1.54, 1.807) is 4.90 Å². The van der Waals surface area contributed by atoms with Gasteiger partial charge in [-0.05, 0) is 6.42 Å². The van der Waals surface area contributed by atoms with Gasteiger partial charge >= 0.3 is 0 Å². The monoisotopic (exact) mass is 345 g/mol. The molecular formula is C18H23N3O4. The van der Waals surface area contributed by atoms with Gasteiger partial charge in [0.15, 0.2) is 0 Å². The van der Waals surface area contributed by atoms with Crippen LogP contribution in [0.2, 0.25) is 0 Å². The predicted molar refractivity (Wildman–Crippen MR) is 93.0 cm³/mol. The molecule has 2 N–H and O–H groups in total. The number of aliphatic hydroxyl groups is 1. The highest BCUT2D eigenvalue weighted by molar-refractivity contribution is 5.77. The van der Waals surface area contributed by atoms with Crippen LogP contribution in [0.15, 0.2) is 30.3 Å². The highest BCUT2D eigenvalue weighted by Crippen LogP contribution is 2.28. The number of carboxylic acid groups (broad SMARTS) is 1. The van der Waals surface area contributed by atoms with Crippen molar-refractivity contribution in [3.63, 3.8) is 0 Å². The Morgan fingerprint density at radius 1 is 1.16 bits per heavy atom. The van der Waals surface area contributed by atoms with Crippen molar-refractivity contribution in [1.29, 1.82) is 0 Å². The Labute approximate surface area is 146 Å². The van der Waals surface area contributed by atoms with E-state index >= 15 is 0 Å². The van der Waals surface area contributed by atoms with Crippen LogP contribution in [0.5, 0.6) is 0 Å². The Morgan fingerprint density at radius 3 is 2.36 bits per heavy atom. The van der Waals surface area contributed by atoms with Gasteiger partial charge in [0.1, 0.15) is 6.61 Å². The number of rotatable bonds is 2. The number of amides is 1. The van der Waals surface area contributed by atoms with Crippen LogP contribution in [0.25, 0.3) is 11.3 Å². The zero-order valence-corrected chi connectivity index (χ0v) is 14.5. The fraction of sp³-hybridized carbons (Fsp3) is 0.389. The number of hydrogen-bond acceptors (Lipinski definition) is 4. The van der Waals surface area contributed by atoms with E-state index in [1.807, 2.05) is 29.9 Å². The number of hydrogen-bond donors (Lipinski definition) is 2. The molecule has 2 aromatic rings. The molecule has 0 aliphatic carbocycles. The van der Waals surface area contributed by atoms with E-state index in [1.165, 1.54) is 5.56 Å². The van der Waals surface area contributed by atoms with Crippen molar-refractivity contribution < 1.29 is 19.8 Å². The van der Waals surface area contributed by atoms with Gasteiger partial charge in [-0.3, -0.25) is 14.3 Å². The van der Waals surface area contributed by atoms with E-state index in [4.69, 9.17) is 15.0 Å². The molecule has 25 heavy (non-hydrogen) atoms. The van der Waals surface area contributed by atoms with Crippen molar-refractivity contribution in [2.75, 3.05) is 19.7 Å². The van der Waals surface area contributed by atoms with Crippen LogP contribution in [0.4, 0.5) is 0 Å². The minimum atomic E-state index is -0.833. The maximum absolute atomic E-state index is 11.7. The third-order valence-corrected chi connectivity index (χ3v) is 4.01. The van der Waals surface area contributed by atoms with Gasteiger partial charge < -0.3 is 15.1 Å². The number of aliphatic carboxylic acids is 1. The highest BCUT2D eigenvalue weighted by atomic mass is 16.4. The van der Waals surface area contributed by atoms with Crippen molar-refractivity contribution in [2.24, 2.45) is 7.05 Å². The first-order valence-electron chi connectivity index (χ1n) is 8.12. The Morgan fingerprint density at radius 2 is 1.76 bits per heavy atom. The Bertz CT molecular complexity index is 736. The fourth-order valence-electron chi connectivity index (χ4n) is 2.99. The molecule has 0 unspecified atom stereocenters. The lowest BCUT2D eigenvalue weighted by Crippen LogP contribution is -2.35. The first-order valence-corrected chi connectivity index (χ1v) is 8.12. The average molecular weight is 345 g/mol. The molecule has 0 bridgehead atoms. The lowest BCUT2D eigenvalue weighted by Gasteiger charge is -2.19. The predicted octanol–water partition coefficient (Wildman–Crippen LogP) is 1.10. The number of carbonyl (C=O) groups is 2. The van der Waals surface area contributed by atoms with Gasteiger partial charge in [0.2, 0.25) is 5.91 Å². The van der Waals surface area contributed by atoms with Crippen LogP contribution in [0.1, 0.15) is 18.2 Å². The summed E-state index contributed by atoms with van der Waals surface area (Å²) in [6.45, 7) is 1.92. The second kappa shape index (κ2) is 8.43. The minimum absolute atomic E-state index is 0.203. The Hall–Kier alpha value is -2.67. The molecule has 1 aromatic heterocycles. The normalized spacial score (nSPS) is 13.3. The summed E-state index contributed by atoms with van der Waals surface area (Å²) in [5.74, 6) is -1.04. The van der Waals surface area contributed by atoms with E-state index in [9.17, 15) is 4.79 Å². The van der Waals surface area contributed by atoms with Crippen LogP contribution >= 0.6 is 0 Å². The molecule has 0 spiro atoms. The second-order valence-electron chi connectivity index (χ2n) is 5.82. The maximum atomic E-state index is 11.7. The molecule has 7 heteroatoms. The van der Waals surface area contributed by atoms with Gasteiger partial charge in [-0.2, -0.15) is 5.10 Å². The van der Waals surface area contributed by atoms with Crippen LogP contribution in [-0.4, -0.2) is 56.5 Å². The molecule has 134 valence electrons. The topological polar surface area (TPSA) is 95.7 Å². The number of aryl methyl sites for hydroxylation is 1. The van der Waals surface area contributed by atoms with Crippen molar-refractivity contribution >= 4 is 11.9 Å². The van der Waals surface area contributed by atoms with E-state index in [2.05, 4.69) is 17.2 Å². The first kappa shape index (κ1) is 18.7. The number of nitrogens with zero attached hydrogens (tertiary/aromatic N) is 3. The number of benzene rings is 1. The molecule has 3 rings (SSSR count). The van der Waals surface area contributed by atoms with Crippen LogP contribution in [0.3, 0.4) is 0 Å². The third kappa shape index (κ3) is 4.67. The van der Waals surface area contributed by atoms with E-state index < -0.39 is 12.6 Å². The molecule has 7 nitrogen and oxygen atoms in total. The number of aromatic nitrogens is 2. The van der Waals surface area contributed by atoms with Gasteiger partial charge in [-0.1, -0.05) is 30.3 Å². The number of fused-ring (bicyclic) bond motifs is 1. The smallest absolute Gasteiger partial charge is 0.300 e. The molecule has 1 amide bonds. The summed E-state index contributed by atoms with van der Waals surface area (Å²) < 4.78 is 1.93. The standard InChI is InChI=1S/C16H19N3O2.C2H4O2/c1-18-16(12-5-3-2-4-6-12)13-7-9-19(15(21)11-20)10-8-14(13)17-18;1-2(3)4/h2-6,20H,7-11H2,1H3;1H3,(H,3,4). The molecule has 0 fully saturated rings. The summed E-state index contributed by atoms with van der Waals surface area (Å²) in [4.78, 5) is 22.4. The van der Waals surface area contributed by atoms with E-state index in [0.717, 1.165) is 36.7 Å². The molecule has 0 saturated heterocycles. The molecule has 1 aromatic carbocycles. The third-order valence-electron chi connectivity index (χ3n) is 4.01. The van der Waals surface area contributed by atoms with Crippen molar-refractivity contribution in [3.8, 4) is 11.3 Å².